The van der Waals surface area contributed by atoms with Crippen molar-refractivity contribution in [3.05, 3.63) is 104 Å². The lowest BCUT2D eigenvalue weighted by molar-refractivity contribution is -0.394. The van der Waals surface area contributed by atoms with Gasteiger partial charge in [0.15, 0.2) is 11.5 Å². The average Bonchev–Trinajstić information content (AvgIpc) is 3.08. The summed E-state index contributed by atoms with van der Waals surface area (Å²) >= 11 is 0. The maximum atomic E-state index is 14.9. The largest absolute Gasteiger partial charge is 0.493 e. The minimum Gasteiger partial charge on any atom is -0.493 e. The van der Waals surface area contributed by atoms with E-state index in [0.717, 1.165) is 31.0 Å². The molecule has 3 aromatic rings. The summed E-state index contributed by atoms with van der Waals surface area (Å²) in [6.45, 7) is 2.61. The van der Waals surface area contributed by atoms with E-state index >= 15 is 0 Å². The van der Waals surface area contributed by atoms with E-state index in [1.807, 2.05) is 6.92 Å². The zero-order valence-electron chi connectivity index (χ0n) is 26.9. The smallest absolute Gasteiger partial charge is 0.426 e. The highest BCUT2D eigenvalue weighted by Gasteiger charge is 2.34. The number of carbonyl (C=O) groups is 2. The minimum atomic E-state index is -3.65. The zero-order valence-corrected chi connectivity index (χ0v) is 26.9. The van der Waals surface area contributed by atoms with Gasteiger partial charge >= 0.3 is 18.0 Å². The molecule has 13 nitrogen and oxygen atoms in total. The average molecular weight is 687 g/mol. The summed E-state index contributed by atoms with van der Waals surface area (Å²) in [7, 11) is 1.41. The molecule has 0 saturated carbocycles. The molecule has 0 aromatic heterocycles. The number of non-ortho nitro benzene ring substituents is 2. The first kappa shape index (κ1) is 37.9. The molecule has 0 heterocycles. The van der Waals surface area contributed by atoms with E-state index in [-0.39, 0.29) is 30.3 Å². The van der Waals surface area contributed by atoms with Crippen molar-refractivity contribution in [2.45, 2.75) is 51.6 Å². The van der Waals surface area contributed by atoms with Crippen LogP contribution in [0, 0.1) is 20.2 Å². The third-order valence-electron chi connectivity index (χ3n) is 6.87. The molecule has 0 unspecified atom stereocenters. The van der Waals surface area contributed by atoms with Gasteiger partial charge in [0.05, 0.1) is 54.0 Å². The van der Waals surface area contributed by atoms with Crippen molar-refractivity contribution in [1.82, 2.24) is 0 Å². The van der Waals surface area contributed by atoms with Crippen molar-refractivity contribution in [2.75, 3.05) is 26.9 Å². The number of hydrogen-bond acceptors (Lipinski definition) is 11. The molecule has 49 heavy (non-hydrogen) atoms. The molecule has 0 amide bonds. The molecule has 0 atom stereocenters. The van der Waals surface area contributed by atoms with E-state index in [1.165, 1.54) is 61.7 Å². The third kappa shape index (κ3) is 12.2. The summed E-state index contributed by atoms with van der Waals surface area (Å²) in [6.07, 6.45) is 2.97. The highest BCUT2D eigenvalue weighted by molar-refractivity contribution is 5.91. The van der Waals surface area contributed by atoms with Crippen LogP contribution in [0.5, 0.6) is 17.2 Å². The van der Waals surface area contributed by atoms with Crippen LogP contribution in [-0.2, 0) is 20.4 Å². The Morgan fingerprint density at radius 2 is 1.43 bits per heavy atom. The normalized spacial score (nSPS) is 11.2. The molecule has 0 aliphatic carbocycles. The van der Waals surface area contributed by atoms with E-state index < -0.39 is 44.8 Å². The van der Waals surface area contributed by atoms with Gasteiger partial charge in [0.25, 0.3) is 11.4 Å². The summed E-state index contributed by atoms with van der Waals surface area (Å²) < 4.78 is 55.8. The van der Waals surface area contributed by atoms with Crippen molar-refractivity contribution in [2.24, 2.45) is 0 Å². The van der Waals surface area contributed by atoms with Crippen LogP contribution in [0.25, 0.3) is 6.08 Å². The van der Waals surface area contributed by atoms with Crippen LogP contribution < -0.4 is 14.2 Å². The van der Waals surface area contributed by atoms with Crippen molar-refractivity contribution >= 4 is 29.4 Å². The fourth-order valence-electron chi connectivity index (χ4n) is 4.27. The lowest BCUT2D eigenvalue weighted by atomic mass is 10.1. The third-order valence-corrected chi connectivity index (χ3v) is 6.87. The first-order chi connectivity index (χ1) is 23.4. The first-order valence-electron chi connectivity index (χ1n) is 15.4. The second-order valence-electron chi connectivity index (χ2n) is 10.6. The van der Waals surface area contributed by atoms with Crippen molar-refractivity contribution in [3.63, 3.8) is 0 Å². The van der Waals surface area contributed by atoms with Crippen LogP contribution >= 0.6 is 0 Å². The van der Waals surface area contributed by atoms with E-state index in [4.69, 9.17) is 23.7 Å². The van der Waals surface area contributed by atoms with Crippen molar-refractivity contribution in [1.29, 1.82) is 0 Å². The summed E-state index contributed by atoms with van der Waals surface area (Å²) in [4.78, 5) is 44.5. The van der Waals surface area contributed by atoms with Gasteiger partial charge in [0.1, 0.15) is 5.75 Å². The molecule has 0 N–H and O–H groups in total. The van der Waals surface area contributed by atoms with Crippen LogP contribution in [0.15, 0.2) is 66.7 Å². The Morgan fingerprint density at radius 1 is 0.796 bits per heavy atom. The number of carbonyl (C=O) groups excluding carboxylic acids is 2. The number of nitro benzene ring substituents is 2. The quantitative estimate of drug-likeness (QED) is 0.0374. The monoisotopic (exact) mass is 686 g/mol. The van der Waals surface area contributed by atoms with Gasteiger partial charge in [-0.3, -0.25) is 20.2 Å². The molecule has 0 saturated heterocycles. The molecule has 3 aromatic carbocycles. The van der Waals surface area contributed by atoms with E-state index in [9.17, 15) is 38.6 Å². The Labute approximate surface area is 280 Å². The molecule has 0 spiro atoms. The molecule has 0 aliphatic rings. The number of benzene rings is 3. The fraction of sp³-hybridized carbons (Fsp3) is 0.353. The van der Waals surface area contributed by atoms with Crippen LogP contribution in [0.2, 0.25) is 0 Å². The van der Waals surface area contributed by atoms with Gasteiger partial charge in [-0.2, -0.15) is 8.78 Å². The van der Waals surface area contributed by atoms with Crippen molar-refractivity contribution in [3.8, 4) is 17.2 Å². The first-order valence-corrected chi connectivity index (χ1v) is 15.4. The maximum Gasteiger partial charge on any atom is 0.426 e. The number of nitro groups is 2. The molecular formula is C34H36F2N2O11. The maximum absolute atomic E-state index is 14.9. The molecule has 0 radical (unpaired) electrons. The lowest BCUT2D eigenvalue weighted by Gasteiger charge is -2.19. The number of hydrogen-bond donors (Lipinski definition) is 0. The number of halogens is 2. The van der Waals surface area contributed by atoms with Crippen LogP contribution in [0.3, 0.4) is 0 Å². The highest BCUT2D eigenvalue weighted by atomic mass is 19.3. The van der Waals surface area contributed by atoms with Gasteiger partial charge in [-0.05, 0) is 68.0 Å². The van der Waals surface area contributed by atoms with Gasteiger partial charge in [-0.15, -0.1) is 0 Å². The number of alkyl halides is 2. The summed E-state index contributed by atoms with van der Waals surface area (Å²) in [5, 5.41) is 22.0. The van der Waals surface area contributed by atoms with E-state index in [2.05, 4.69) is 0 Å². The fourth-order valence-corrected chi connectivity index (χ4v) is 4.27. The second kappa shape index (κ2) is 18.7. The van der Waals surface area contributed by atoms with E-state index in [0.29, 0.717) is 43.6 Å². The van der Waals surface area contributed by atoms with Gasteiger partial charge in [0.2, 0.25) is 0 Å². The van der Waals surface area contributed by atoms with Crippen LogP contribution in [0.1, 0.15) is 66.9 Å². The number of esters is 2. The second-order valence-corrected chi connectivity index (χ2v) is 10.6. The van der Waals surface area contributed by atoms with Gasteiger partial charge in [0, 0.05) is 24.3 Å². The number of nitrogens with zero attached hydrogens (tertiary/aromatic N) is 2. The number of ether oxygens (including phenoxy) is 5. The Bertz CT molecular complexity index is 1600. The summed E-state index contributed by atoms with van der Waals surface area (Å²) in [5.74, 6) is -0.935. The topological polar surface area (TPSA) is 167 Å². The molecule has 0 bridgehead atoms. The Morgan fingerprint density at radius 3 is 2.02 bits per heavy atom. The standard InChI is InChI=1S/C34H36F2N2O11/c1-3-4-17-46-30-15-14-29(23-31(30)45-2)49-34(35,36)26-12-9-24(10-13-26)11-16-32(39)47-18-7-5-6-8-19-48-33(40)25-20-27(37(41)42)22-28(21-25)38(43)44/h9-16,20-23H,3-8,17-19H2,1-2H3/b16-11+. The van der Waals surface area contributed by atoms with Crippen molar-refractivity contribution < 1.29 is 51.9 Å². The Balaban J connectivity index is 1.37. The lowest BCUT2D eigenvalue weighted by Crippen LogP contribution is -2.21. The predicted molar refractivity (Wildman–Crippen MR) is 173 cm³/mol. The van der Waals surface area contributed by atoms with E-state index in [1.54, 1.807) is 0 Å². The predicted octanol–water partition coefficient (Wildman–Crippen LogP) is 7.79. The summed E-state index contributed by atoms with van der Waals surface area (Å²) in [6, 6.07) is 12.0. The molecule has 15 heteroatoms. The molecule has 262 valence electrons. The molecule has 3 rings (SSSR count). The Hall–Kier alpha value is -5.60. The molecule has 0 fully saturated rings. The van der Waals surface area contributed by atoms with Gasteiger partial charge in [-0.1, -0.05) is 25.5 Å². The number of methoxy groups -OCH3 is 1. The molecular weight excluding hydrogens is 650 g/mol. The van der Waals surface area contributed by atoms with Gasteiger partial charge < -0.3 is 23.7 Å². The zero-order chi connectivity index (χ0) is 35.8. The van der Waals surface area contributed by atoms with Crippen LogP contribution in [-0.4, -0.2) is 48.7 Å². The minimum absolute atomic E-state index is 0.00877. The highest BCUT2D eigenvalue weighted by Crippen LogP contribution is 2.37. The number of rotatable bonds is 20. The van der Waals surface area contributed by atoms with Gasteiger partial charge in [-0.25, -0.2) is 9.59 Å². The summed E-state index contributed by atoms with van der Waals surface area (Å²) in [5.41, 5.74) is -1.39. The van der Waals surface area contributed by atoms with Crippen LogP contribution in [0.4, 0.5) is 20.2 Å². The number of unbranched alkanes of at least 4 members (excludes halogenated alkanes) is 4. The molecule has 0 aliphatic heterocycles. The Kier molecular flexibility index (Phi) is 14.4. The SMILES string of the molecule is CCCCOc1ccc(OC(F)(F)c2ccc(/C=C/C(=O)OCCCCCCOC(=O)c3cc([N+](=O)[O-])cc([N+](=O)[O-])c3)cc2)cc1OC.